The number of unbranched alkanes of at least 4 members (excludes halogenated alkanes) is 2. The van der Waals surface area contributed by atoms with Crippen molar-refractivity contribution in [3.05, 3.63) is 28.7 Å². The Kier molecular flexibility index (Phi) is 7.54. The molecule has 1 N–H and O–H groups in total. The maximum absolute atomic E-state index is 12.2. The molecule has 0 unspecified atom stereocenters. The first-order valence-electron chi connectivity index (χ1n) is 7.55. The summed E-state index contributed by atoms with van der Waals surface area (Å²) in [4.78, 5) is 11.8. The van der Waals surface area contributed by atoms with Crippen molar-refractivity contribution in [3.8, 4) is 0 Å². The highest BCUT2D eigenvalue weighted by atomic mass is 79.9. The molecule has 0 radical (unpaired) electrons. The van der Waals surface area contributed by atoms with E-state index in [0.717, 1.165) is 10.9 Å². The quantitative estimate of drug-likeness (QED) is 0.697. The number of benzene rings is 1. The van der Waals surface area contributed by atoms with Gasteiger partial charge in [-0.05, 0) is 51.8 Å². The summed E-state index contributed by atoms with van der Waals surface area (Å²) in [5, 5.41) is 2.66. The predicted octanol–water partition coefficient (Wildman–Crippen LogP) is 3.92. The summed E-state index contributed by atoms with van der Waals surface area (Å²) in [5.41, 5.74) is -0.512. The Bertz CT molecular complexity index is 623. The fourth-order valence-corrected chi connectivity index (χ4v) is 3.84. The molecular formula is C16H24BrNO4S. The van der Waals surface area contributed by atoms with Crippen LogP contribution >= 0.6 is 15.9 Å². The van der Waals surface area contributed by atoms with E-state index in [-0.39, 0.29) is 5.75 Å². The lowest BCUT2D eigenvalue weighted by atomic mass is 10.2. The summed E-state index contributed by atoms with van der Waals surface area (Å²) in [6.07, 6.45) is 1.56. The molecule has 0 spiro atoms. The van der Waals surface area contributed by atoms with Gasteiger partial charge in [0, 0.05) is 11.0 Å². The van der Waals surface area contributed by atoms with Crippen LogP contribution in [-0.4, -0.2) is 32.4 Å². The average molecular weight is 406 g/mol. The van der Waals surface area contributed by atoms with Crippen molar-refractivity contribution in [2.45, 2.75) is 50.5 Å². The Morgan fingerprint density at radius 3 is 2.52 bits per heavy atom. The normalized spacial score (nSPS) is 12.0. The third kappa shape index (κ3) is 8.37. The summed E-state index contributed by atoms with van der Waals surface area (Å²) in [6.45, 7) is 5.89. The number of rotatable bonds is 7. The molecule has 5 nitrogen and oxygen atoms in total. The van der Waals surface area contributed by atoms with E-state index < -0.39 is 21.5 Å². The molecule has 0 bridgehead atoms. The molecule has 0 aliphatic rings. The standard InChI is InChI=1S/C16H24BrNO4S/c1-16(2,3)22-15(19)18-10-5-4-6-11-23(20,21)14-9-7-8-13(17)12-14/h7-9,12H,4-6,10-11H2,1-3H3,(H,18,19). The minimum atomic E-state index is -3.25. The van der Waals surface area contributed by atoms with Crippen molar-refractivity contribution in [2.24, 2.45) is 0 Å². The maximum atomic E-state index is 12.2. The van der Waals surface area contributed by atoms with Crippen LogP contribution in [0.5, 0.6) is 0 Å². The van der Waals surface area contributed by atoms with Gasteiger partial charge in [0.05, 0.1) is 10.6 Å². The Hall–Kier alpha value is -1.08. The Labute approximate surface area is 146 Å². The topological polar surface area (TPSA) is 72.5 Å². The molecule has 1 amide bonds. The van der Waals surface area contributed by atoms with E-state index in [1.807, 2.05) is 0 Å². The van der Waals surface area contributed by atoms with E-state index in [9.17, 15) is 13.2 Å². The molecule has 7 heteroatoms. The number of ether oxygens (including phenoxy) is 1. The van der Waals surface area contributed by atoms with Crippen molar-refractivity contribution in [1.29, 1.82) is 0 Å². The molecule has 0 fully saturated rings. The first-order valence-corrected chi connectivity index (χ1v) is 10.00. The summed E-state index contributed by atoms with van der Waals surface area (Å²) in [7, 11) is -3.25. The van der Waals surface area contributed by atoms with E-state index in [1.54, 1.807) is 45.0 Å². The lowest BCUT2D eigenvalue weighted by Crippen LogP contribution is -2.33. The number of halogens is 1. The van der Waals surface area contributed by atoms with Crippen LogP contribution in [0, 0.1) is 0 Å². The fourth-order valence-electron chi connectivity index (χ4n) is 1.88. The van der Waals surface area contributed by atoms with E-state index in [4.69, 9.17) is 4.74 Å². The minimum Gasteiger partial charge on any atom is -0.444 e. The number of nitrogens with one attached hydrogen (secondary N) is 1. The number of hydrogen-bond acceptors (Lipinski definition) is 4. The zero-order chi connectivity index (χ0) is 17.5. The highest BCUT2D eigenvalue weighted by molar-refractivity contribution is 9.10. The zero-order valence-electron chi connectivity index (χ0n) is 13.8. The first kappa shape index (κ1) is 20.0. The molecule has 0 heterocycles. The van der Waals surface area contributed by atoms with Crippen LogP contribution in [0.3, 0.4) is 0 Å². The number of amides is 1. The van der Waals surface area contributed by atoms with Crippen molar-refractivity contribution < 1.29 is 17.9 Å². The largest absolute Gasteiger partial charge is 0.444 e. The summed E-state index contributed by atoms with van der Waals surface area (Å²) >= 11 is 3.27. The number of carbonyl (C=O) groups excluding carboxylic acids is 1. The smallest absolute Gasteiger partial charge is 0.407 e. The molecule has 1 aromatic rings. The van der Waals surface area contributed by atoms with Crippen molar-refractivity contribution >= 4 is 31.9 Å². The van der Waals surface area contributed by atoms with Gasteiger partial charge in [-0.15, -0.1) is 0 Å². The highest BCUT2D eigenvalue weighted by Crippen LogP contribution is 2.18. The molecule has 0 atom stereocenters. The van der Waals surface area contributed by atoms with E-state index in [2.05, 4.69) is 21.2 Å². The first-order chi connectivity index (χ1) is 10.6. The van der Waals surface area contributed by atoms with E-state index in [0.29, 0.717) is 24.3 Å². The molecular weight excluding hydrogens is 382 g/mol. The monoisotopic (exact) mass is 405 g/mol. The highest BCUT2D eigenvalue weighted by Gasteiger charge is 2.16. The number of alkyl carbamates (subject to hydrolysis) is 1. The molecule has 0 saturated carbocycles. The third-order valence-corrected chi connectivity index (χ3v) is 5.20. The zero-order valence-corrected chi connectivity index (χ0v) is 16.2. The van der Waals surface area contributed by atoms with Crippen molar-refractivity contribution in [1.82, 2.24) is 5.32 Å². The fraction of sp³-hybridized carbons (Fsp3) is 0.562. The van der Waals surface area contributed by atoms with Gasteiger partial charge in [-0.2, -0.15) is 0 Å². The predicted molar refractivity (Wildman–Crippen MR) is 94.3 cm³/mol. The third-order valence-electron chi connectivity index (χ3n) is 2.91. The van der Waals surface area contributed by atoms with Gasteiger partial charge in [-0.3, -0.25) is 0 Å². The van der Waals surface area contributed by atoms with Crippen LogP contribution in [0.2, 0.25) is 0 Å². The molecule has 130 valence electrons. The number of hydrogen-bond donors (Lipinski definition) is 1. The Morgan fingerprint density at radius 1 is 1.22 bits per heavy atom. The van der Waals surface area contributed by atoms with Crippen LogP contribution in [0.1, 0.15) is 40.0 Å². The summed E-state index contributed by atoms with van der Waals surface area (Å²) in [5.74, 6) is 0.107. The van der Waals surface area contributed by atoms with Crippen molar-refractivity contribution in [2.75, 3.05) is 12.3 Å². The van der Waals surface area contributed by atoms with Gasteiger partial charge in [0.2, 0.25) is 0 Å². The van der Waals surface area contributed by atoms with Gasteiger partial charge < -0.3 is 10.1 Å². The minimum absolute atomic E-state index is 0.107. The van der Waals surface area contributed by atoms with Crippen LogP contribution in [-0.2, 0) is 14.6 Å². The van der Waals surface area contributed by atoms with Gasteiger partial charge >= 0.3 is 6.09 Å². The van der Waals surface area contributed by atoms with Gasteiger partial charge in [0.15, 0.2) is 9.84 Å². The van der Waals surface area contributed by atoms with Gasteiger partial charge in [0.25, 0.3) is 0 Å². The number of carbonyl (C=O) groups is 1. The Morgan fingerprint density at radius 2 is 1.91 bits per heavy atom. The van der Waals surface area contributed by atoms with Crippen LogP contribution in [0.15, 0.2) is 33.6 Å². The molecule has 0 saturated heterocycles. The lowest BCUT2D eigenvalue weighted by molar-refractivity contribution is 0.0527. The summed E-state index contributed by atoms with van der Waals surface area (Å²) in [6, 6.07) is 6.71. The van der Waals surface area contributed by atoms with Crippen LogP contribution < -0.4 is 5.32 Å². The second-order valence-electron chi connectivity index (χ2n) is 6.27. The molecule has 0 aromatic heterocycles. The average Bonchev–Trinajstić information content (AvgIpc) is 2.40. The lowest BCUT2D eigenvalue weighted by Gasteiger charge is -2.19. The molecule has 1 aromatic carbocycles. The van der Waals surface area contributed by atoms with E-state index in [1.165, 1.54) is 0 Å². The molecule has 0 aliphatic heterocycles. The van der Waals surface area contributed by atoms with Gasteiger partial charge in [0.1, 0.15) is 5.60 Å². The number of sulfone groups is 1. The second kappa shape index (κ2) is 8.68. The maximum Gasteiger partial charge on any atom is 0.407 e. The van der Waals surface area contributed by atoms with E-state index >= 15 is 0 Å². The summed E-state index contributed by atoms with van der Waals surface area (Å²) < 4.78 is 30.2. The second-order valence-corrected chi connectivity index (χ2v) is 9.29. The van der Waals surface area contributed by atoms with Gasteiger partial charge in [-0.1, -0.05) is 28.4 Å². The SMILES string of the molecule is CC(C)(C)OC(=O)NCCCCCS(=O)(=O)c1cccc(Br)c1. The molecule has 1 rings (SSSR count). The Balaban J connectivity index is 2.26. The molecule has 0 aliphatic carbocycles. The van der Waals surface area contributed by atoms with Gasteiger partial charge in [-0.25, -0.2) is 13.2 Å². The van der Waals surface area contributed by atoms with Crippen LogP contribution in [0.4, 0.5) is 4.79 Å². The molecule has 23 heavy (non-hydrogen) atoms. The van der Waals surface area contributed by atoms with Crippen molar-refractivity contribution in [3.63, 3.8) is 0 Å². The van der Waals surface area contributed by atoms with Crippen LogP contribution in [0.25, 0.3) is 0 Å².